The molecule has 0 radical (unpaired) electrons. The van der Waals surface area contributed by atoms with E-state index in [4.69, 9.17) is 5.73 Å². The summed E-state index contributed by atoms with van der Waals surface area (Å²) in [6.45, 7) is 1.60. The van der Waals surface area contributed by atoms with E-state index in [9.17, 15) is 17.6 Å². The SMILES string of the molecule is Cc1nc(Nc2cccc3ccccc23)c(N)c(-c2ccc(C(F)(F)F)cc2F)n1. The first kappa shape index (κ1) is 19.6. The van der Waals surface area contributed by atoms with Gasteiger partial charge in [-0.15, -0.1) is 0 Å². The first-order chi connectivity index (χ1) is 14.2. The molecule has 0 atom stereocenters. The van der Waals surface area contributed by atoms with Crippen LogP contribution in [-0.4, -0.2) is 9.97 Å². The molecule has 4 rings (SSSR count). The number of halogens is 4. The van der Waals surface area contributed by atoms with E-state index < -0.39 is 17.6 Å². The Hall–Kier alpha value is -3.68. The van der Waals surface area contributed by atoms with Crippen molar-refractivity contribution in [2.75, 3.05) is 11.1 Å². The molecular formula is C22H16F4N4. The molecule has 0 unspecified atom stereocenters. The van der Waals surface area contributed by atoms with Gasteiger partial charge < -0.3 is 11.1 Å². The predicted molar refractivity (Wildman–Crippen MR) is 109 cm³/mol. The van der Waals surface area contributed by atoms with Crippen molar-refractivity contribution in [1.82, 2.24) is 9.97 Å². The summed E-state index contributed by atoms with van der Waals surface area (Å²) in [5.74, 6) is -0.528. The van der Waals surface area contributed by atoms with Gasteiger partial charge in [0, 0.05) is 16.6 Å². The van der Waals surface area contributed by atoms with Crippen molar-refractivity contribution in [3.63, 3.8) is 0 Å². The van der Waals surface area contributed by atoms with Crippen LogP contribution in [0.4, 0.5) is 34.8 Å². The van der Waals surface area contributed by atoms with E-state index in [2.05, 4.69) is 15.3 Å². The van der Waals surface area contributed by atoms with E-state index in [-0.39, 0.29) is 22.8 Å². The number of nitrogens with one attached hydrogen (secondary N) is 1. The molecule has 0 aliphatic rings. The summed E-state index contributed by atoms with van der Waals surface area (Å²) < 4.78 is 53.1. The lowest BCUT2D eigenvalue weighted by Gasteiger charge is -2.15. The predicted octanol–water partition coefficient (Wildman–Crippen LogP) is 6.09. The highest BCUT2D eigenvalue weighted by Gasteiger charge is 2.31. The molecule has 0 amide bonds. The molecule has 30 heavy (non-hydrogen) atoms. The first-order valence-corrected chi connectivity index (χ1v) is 9.00. The third-order valence-electron chi connectivity index (χ3n) is 4.65. The summed E-state index contributed by atoms with van der Waals surface area (Å²) in [6.07, 6.45) is -4.65. The van der Waals surface area contributed by atoms with Crippen molar-refractivity contribution < 1.29 is 17.6 Å². The fourth-order valence-electron chi connectivity index (χ4n) is 3.23. The maximum Gasteiger partial charge on any atom is 0.416 e. The summed E-state index contributed by atoms with van der Waals surface area (Å²) in [5, 5.41) is 5.07. The standard InChI is InChI=1S/C22H16F4N4/c1-12-28-20(16-10-9-14(11-17(16)23)22(24,25)26)19(27)21(29-12)30-18-8-4-6-13-5-2-3-7-15(13)18/h2-11H,27H2,1H3,(H,28,29,30). The number of nitrogen functional groups attached to an aromatic ring is 1. The second-order valence-electron chi connectivity index (χ2n) is 6.73. The van der Waals surface area contributed by atoms with Gasteiger partial charge in [0.25, 0.3) is 0 Å². The number of hydrogen-bond donors (Lipinski definition) is 2. The van der Waals surface area contributed by atoms with Crippen LogP contribution in [-0.2, 0) is 6.18 Å². The minimum absolute atomic E-state index is 0.0245. The largest absolute Gasteiger partial charge is 0.416 e. The van der Waals surface area contributed by atoms with Crippen LogP contribution in [0.1, 0.15) is 11.4 Å². The summed E-state index contributed by atoms with van der Waals surface area (Å²) in [6, 6.07) is 15.6. The monoisotopic (exact) mass is 412 g/mol. The lowest BCUT2D eigenvalue weighted by molar-refractivity contribution is -0.137. The molecule has 1 aromatic heterocycles. The zero-order chi connectivity index (χ0) is 21.5. The molecule has 152 valence electrons. The van der Waals surface area contributed by atoms with Gasteiger partial charge in [-0.1, -0.05) is 36.4 Å². The highest BCUT2D eigenvalue weighted by atomic mass is 19.4. The molecule has 0 aliphatic carbocycles. The summed E-state index contributed by atoms with van der Waals surface area (Å²) in [4.78, 5) is 8.46. The average molecular weight is 412 g/mol. The smallest absolute Gasteiger partial charge is 0.394 e. The molecule has 3 N–H and O–H groups in total. The van der Waals surface area contributed by atoms with E-state index in [1.165, 1.54) is 0 Å². The highest BCUT2D eigenvalue weighted by molar-refractivity contribution is 5.96. The van der Waals surface area contributed by atoms with Crippen LogP contribution >= 0.6 is 0 Å². The Morgan fingerprint density at radius 1 is 0.933 bits per heavy atom. The van der Waals surface area contributed by atoms with Crippen molar-refractivity contribution in [1.29, 1.82) is 0 Å². The number of fused-ring (bicyclic) bond motifs is 1. The number of benzene rings is 3. The minimum atomic E-state index is -4.65. The van der Waals surface area contributed by atoms with Gasteiger partial charge in [-0.25, -0.2) is 14.4 Å². The number of alkyl halides is 3. The van der Waals surface area contributed by atoms with Crippen LogP contribution in [0, 0.1) is 12.7 Å². The third-order valence-corrected chi connectivity index (χ3v) is 4.65. The second-order valence-corrected chi connectivity index (χ2v) is 6.73. The van der Waals surface area contributed by atoms with Crippen molar-refractivity contribution in [2.45, 2.75) is 13.1 Å². The molecule has 1 heterocycles. The van der Waals surface area contributed by atoms with Crippen LogP contribution in [0.3, 0.4) is 0 Å². The number of hydrogen-bond acceptors (Lipinski definition) is 4. The van der Waals surface area contributed by atoms with Gasteiger partial charge in [-0.05, 0) is 36.6 Å². The average Bonchev–Trinajstić information content (AvgIpc) is 2.70. The summed E-state index contributed by atoms with van der Waals surface area (Å²) >= 11 is 0. The fraction of sp³-hybridized carbons (Fsp3) is 0.0909. The maximum atomic E-state index is 14.5. The Labute approximate surface area is 169 Å². The van der Waals surface area contributed by atoms with Crippen molar-refractivity contribution in [3.8, 4) is 11.3 Å². The van der Waals surface area contributed by atoms with Crippen molar-refractivity contribution in [3.05, 3.63) is 77.9 Å². The molecule has 0 saturated heterocycles. The van der Waals surface area contributed by atoms with E-state index in [1.54, 1.807) is 6.92 Å². The molecule has 4 aromatic rings. The maximum absolute atomic E-state index is 14.5. The molecule has 0 aliphatic heterocycles. The van der Waals surface area contributed by atoms with Gasteiger partial charge >= 0.3 is 6.18 Å². The number of rotatable bonds is 3. The number of nitrogens with zero attached hydrogens (tertiary/aromatic N) is 2. The molecule has 0 fully saturated rings. The van der Waals surface area contributed by atoms with Crippen molar-refractivity contribution >= 4 is 28.0 Å². The Balaban J connectivity index is 1.80. The summed E-state index contributed by atoms with van der Waals surface area (Å²) in [7, 11) is 0. The van der Waals surface area contributed by atoms with Crippen LogP contribution < -0.4 is 11.1 Å². The molecule has 3 aromatic carbocycles. The van der Waals surface area contributed by atoms with Gasteiger partial charge in [0.05, 0.1) is 5.56 Å². The molecular weight excluding hydrogens is 396 g/mol. The molecule has 0 spiro atoms. The van der Waals surface area contributed by atoms with E-state index in [1.807, 2.05) is 42.5 Å². The molecule has 8 heteroatoms. The molecule has 0 bridgehead atoms. The topological polar surface area (TPSA) is 63.8 Å². The second kappa shape index (κ2) is 7.29. The summed E-state index contributed by atoms with van der Waals surface area (Å²) in [5.41, 5.74) is 5.77. The highest BCUT2D eigenvalue weighted by Crippen LogP contribution is 2.36. The Kier molecular flexibility index (Phi) is 4.77. The van der Waals surface area contributed by atoms with E-state index in [0.29, 0.717) is 11.9 Å². The van der Waals surface area contributed by atoms with Crippen molar-refractivity contribution in [2.24, 2.45) is 0 Å². The van der Waals surface area contributed by atoms with Gasteiger partial charge in [0.2, 0.25) is 0 Å². The third kappa shape index (κ3) is 3.63. The Morgan fingerprint density at radius 2 is 1.67 bits per heavy atom. The van der Waals surface area contributed by atoms with Crippen LogP contribution in [0.2, 0.25) is 0 Å². The Bertz CT molecular complexity index is 1250. The van der Waals surface area contributed by atoms with Crippen LogP contribution in [0.5, 0.6) is 0 Å². The van der Waals surface area contributed by atoms with E-state index in [0.717, 1.165) is 28.6 Å². The number of aryl methyl sites for hydroxylation is 1. The lowest BCUT2D eigenvalue weighted by atomic mass is 10.1. The number of aromatic nitrogens is 2. The minimum Gasteiger partial charge on any atom is -0.394 e. The molecule has 4 nitrogen and oxygen atoms in total. The normalized spacial score (nSPS) is 11.6. The number of anilines is 3. The van der Waals surface area contributed by atoms with Gasteiger partial charge in [-0.2, -0.15) is 13.2 Å². The van der Waals surface area contributed by atoms with Gasteiger partial charge in [-0.3, -0.25) is 0 Å². The zero-order valence-electron chi connectivity index (χ0n) is 15.8. The Morgan fingerprint density at radius 3 is 2.40 bits per heavy atom. The quantitative estimate of drug-likeness (QED) is 0.400. The fourth-order valence-corrected chi connectivity index (χ4v) is 3.23. The number of nitrogens with two attached hydrogens (primary N) is 1. The van der Waals surface area contributed by atoms with Crippen LogP contribution in [0.15, 0.2) is 60.7 Å². The zero-order valence-corrected chi connectivity index (χ0v) is 15.8. The van der Waals surface area contributed by atoms with Crippen LogP contribution in [0.25, 0.3) is 22.0 Å². The van der Waals surface area contributed by atoms with Gasteiger partial charge in [0.1, 0.15) is 23.0 Å². The van der Waals surface area contributed by atoms with E-state index >= 15 is 0 Å². The first-order valence-electron chi connectivity index (χ1n) is 9.00. The lowest BCUT2D eigenvalue weighted by Crippen LogP contribution is -2.08. The van der Waals surface area contributed by atoms with Gasteiger partial charge in [0.15, 0.2) is 5.82 Å². The molecule has 0 saturated carbocycles.